The fourth-order valence-electron chi connectivity index (χ4n) is 0.848. The maximum Gasteiger partial charge on any atom is 0.509 e. The summed E-state index contributed by atoms with van der Waals surface area (Å²) in [7, 11) is 1.29. The molecule has 1 fully saturated rings. The van der Waals surface area contributed by atoms with Gasteiger partial charge < -0.3 is 9.47 Å². The van der Waals surface area contributed by atoms with Crippen LogP contribution in [0.3, 0.4) is 0 Å². The molecule has 1 saturated heterocycles. The Hall–Kier alpha value is -0.770. The van der Waals surface area contributed by atoms with Crippen LogP contribution in [-0.2, 0) is 9.47 Å². The van der Waals surface area contributed by atoms with Gasteiger partial charge in [0, 0.05) is 13.0 Å². The van der Waals surface area contributed by atoms with E-state index in [0.29, 0.717) is 0 Å². The fourth-order valence-corrected chi connectivity index (χ4v) is 0.848. The summed E-state index contributed by atoms with van der Waals surface area (Å²) in [6.07, 6.45) is 0.930. The van der Waals surface area contributed by atoms with E-state index < -0.39 is 6.16 Å². The largest absolute Gasteiger partial charge is 0.509 e. The van der Waals surface area contributed by atoms with Crippen molar-refractivity contribution in [3.63, 3.8) is 0 Å². The van der Waals surface area contributed by atoms with Gasteiger partial charge in [-0.1, -0.05) is 0 Å². The Morgan fingerprint density at radius 1 is 1.70 bits per heavy atom. The highest BCUT2D eigenvalue weighted by atomic mass is 16.7. The van der Waals surface area contributed by atoms with Gasteiger partial charge in [0.2, 0.25) is 0 Å². The Bertz CT molecular complexity index is 120. The van der Waals surface area contributed by atoms with Crippen molar-refractivity contribution in [1.29, 1.82) is 0 Å². The molecular weight excluding hydrogens is 134 g/mol. The molecule has 0 aromatic heterocycles. The SMILES string of the molecule is COC(=O)OC1CCC[N]1. The first-order valence-corrected chi connectivity index (χ1v) is 3.24. The Labute approximate surface area is 59.5 Å². The van der Waals surface area contributed by atoms with Crippen LogP contribution in [-0.4, -0.2) is 26.0 Å². The van der Waals surface area contributed by atoms with Gasteiger partial charge in [-0.15, -0.1) is 0 Å². The van der Waals surface area contributed by atoms with Gasteiger partial charge >= 0.3 is 6.16 Å². The second-order valence-electron chi connectivity index (χ2n) is 2.08. The van der Waals surface area contributed by atoms with E-state index in [9.17, 15) is 4.79 Å². The molecule has 1 atom stereocenters. The van der Waals surface area contributed by atoms with Crippen molar-refractivity contribution in [3.05, 3.63) is 0 Å². The first-order valence-electron chi connectivity index (χ1n) is 3.24. The number of methoxy groups -OCH3 is 1. The Balaban J connectivity index is 2.17. The van der Waals surface area contributed by atoms with Gasteiger partial charge in [0.1, 0.15) is 0 Å². The zero-order chi connectivity index (χ0) is 7.40. The van der Waals surface area contributed by atoms with Crippen LogP contribution in [0.15, 0.2) is 0 Å². The van der Waals surface area contributed by atoms with Crippen LogP contribution in [0.25, 0.3) is 0 Å². The van der Waals surface area contributed by atoms with E-state index in [1.54, 1.807) is 0 Å². The molecule has 1 heterocycles. The van der Waals surface area contributed by atoms with E-state index >= 15 is 0 Å². The minimum absolute atomic E-state index is 0.257. The number of ether oxygens (including phenoxy) is 2. The molecule has 10 heavy (non-hydrogen) atoms. The first kappa shape index (κ1) is 7.34. The molecule has 0 saturated carbocycles. The third kappa shape index (κ3) is 1.88. The summed E-state index contributed by atoms with van der Waals surface area (Å²) in [6, 6.07) is 0. The van der Waals surface area contributed by atoms with Crippen LogP contribution in [0, 0.1) is 0 Å². The molecule has 1 aliphatic rings. The zero-order valence-electron chi connectivity index (χ0n) is 5.87. The number of hydrogen-bond acceptors (Lipinski definition) is 3. The predicted molar refractivity (Wildman–Crippen MR) is 33.5 cm³/mol. The normalized spacial score (nSPS) is 24.3. The van der Waals surface area contributed by atoms with Crippen LogP contribution >= 0.6 is 0 Å². The standard InChI is InChI=1S/C6H10NO3/c1-9-6(8)10-5-3-2-4-7-5/h5H,2-4H2,1H3. The third-order valence-electron chi connectivity index (χ3n) is 1.34. The van der Waals surface area contributed by atoms with Gasteiger partial charge in [0.15, 0.2) is 6.23 Å². The average Bonchev–Trinajstić information content (AvgIpc) is 2.40. The van der Waals surface area contributed by atoms with Crippen LogP contribution in [0.2, 0.25) is 0 Å². The second kappa shape index (κ2) is 3.41. The molecule has 4 nitrogen and oxygen atoms in total. The highest BCUT2D eigenvalue weighted by Crippen LogP contribution is 2.08. The third-order valence-corrected chi connectivity index (χ3v) is 1.34. The van der Waals surface area contributed by atoms with Crippen molar-refractivity contribution in [1.82, 2.24) is 5.32 Å². The van der Waals surface area contributed by atoms with E-state index in [0.717, 1.165) is 19.4 Å². The Morgan fingerprint density at radius 2 is 2.50 bits per heavy atom. The lowest BCUT2D eigenvalue weighted by Gasteiger charge is -2.07. The molecule has 0 bridgehead atoms. The predicted octanol–water partition coefficient (Wildman–Crippen LogP) is 0.494. The Morgan fingerprint density at radius 3 is 3.00 bits per heavy atom. The van der Waals surface area contributed by atoms with Crippen LogP contribution in [0.5, 0.6) is 0 Å². The Kier molecular flexibility index (Phi) is 2.50. The quantitative estimate of drug-likeness (QED) is 0.503. The molecule has 1 unspecified atom stereocenters. The van der Waals surface area contributed by atoms with Gasteiger partial charge in [0.05, 0.1) is 7.11 Å². The maximum absolute atomic E-state index is 10.5. The number of carbonyl (C=O) groups excluding carboxylic acids is 1. The molecule has 1 radical (unpaired) electrons. The van der Waals surface area contributed by atoms with Crippen LogP contribution in [0.4, 0.5) is 4.79 Å². The molecule has 0 aromatic rings. The summed E-state index contributed by atoms with van der Waals surface area (Å²) < 4.78 is 9.02. The lowest BCUT2D eigenvalue weighted by atomic mass is 10.4. The van der Waals surface area contributed by atoms with Gasteiger partial charge in [-0.3, -0.25) is 0 Å². The van der Waals surface area contributed by atoms with Crippen molar-refractivity contribution in [2.45, 2.75) is 19.1 Å². The number of rotatable bonds is 1. The molecule has 1 rings (SSSR count). The van der Waals surface area contributed by atoms with Crippen molar-refractivity contribution < 1.29 is 14.3 Å². The van der Waals surface area contributed by atoms with Crippen molar-refractivity contribution in [2.24, 2.45) is 0 Å². The van der Waals surface area contributed by atoms with Gasteiger partial charge in [-0.2, -0.15) is 0 Å². The smallest absolute Gasteiger partial charge is 0.438 e. The summed E-state index contributed by atoms with van der Waals surface area (Å²) >= 11 is 0. The molecule has 0 aliphatic carbocycles. The monoisotopic (exact) mass is 144 g/mol. The van der Waals surface area contributed by atoms with Crippen molar-refractivity contribution in [3.8, 4) is 0 Å². The minimum atomic E-state index is -0.643. The highest BCUT2D eigenvalue weighted by molar-refractivity contribution is 5.59. The van der Waals surface area contributed by atoms with Gasteiger partial charge in [-0.05, 0) is 6.42 Å². The van der Waals surface area contributed by atoms with E-state index in [-0.39, 0.29) is 6.23 Å². The molecule has 0 aromatic carbocycles. The minimum Gasteiger partial charge on any atom is -0.438 e. The zero-order valence-corrected chi connectivity index (χ0v) is 5.87. The summed E-state index contributed by atoms with van der Waals surface area (Å²) in [5.74, 6) is 0. The lowest BCUT2D eigenvalue weighted by Crippen LogP contribution is -2.22. The molecule has 0 amide bonds. The molecule has 4 heteroatoms. The van der Waals surface area contributed by atoms with E-state index in [2.05, 4.69) is 10.1 Å². The van der Waals surface area contributed by atoms with E-state index in [1.807, 2.05) is 0 Å². The molecule has 0 N–H and O–H groups in total. The lowest BCUT2D eigenvalue weighted by molar-refractivity contribution is 0.0304. The summed E-state index contributed by atoms with van der Waals surface area (Å²) in [4.78, 5) is 10.5. The molecule has 1 aliphatic heterocycles. The highest BCUT2D eigenvalue weighted by Gasteiger charge is 2.19. The molecular formula is C6H10NO3. The van der Waals surface area contributed by atoms with Crippen LogP contribution in [0.1, 0.15) is 12.8 Å². The van der Waals surface area contributed by atoms with Crippen LogP contribution < -0.4 is 5.32 Å². The maximum atomic E-state index is 10.5. The van der Waals surface area contributed by atoms with Crippen molar-refractivity contribution in [2.75, 3.05) is 13.7 Å². The summed E-state index contributed by atoms with van der Waals surface area (Å²) in [6.45, 7) is 0.793. The molecule has 0 spiro atoms. The second-order valence-corrected chi connectivity index (χ2v) is 2.08. The number of carbonyl (C=O) groups is 1. The average molecular weight is 144 g/mol. The first-order chi connectivity index (χ1) is 4.83. The topological polar surface area (TPSA) is 49.6 Å². The van der Waals surface area contributed by atoms with Gasteiger partial charge in [-0.25, -0.2) is 10.1 Å². The fraction of sp³-hybridized carbons (Fsp3) is 0.833. The van der Waals surface area contributed by atoms with Crippen molar-refractivity contribution >= 4 is 6.16 Å². The summed E-state index contributed by atoms with van der Waals surface area (Å²) in [5.41, 5.74) is 0. The number of hydrogen-bond donors (Lipinski definition) is 0. The van der Waals surface area contributed by atoms with E-state index in [4.69, 9.17) is 4.74 Å². The number of nitrogens with zero attached hydrogens (tertiary/aromatic N) is 1. The van der Waals surface area contributed by atoms with Gasteiger partial charge in [0.25, 0.3) is 0 Å². The van der Waals surface area contributed by atoms with E-state index in [1.165, 1.54) is 7.11 Å². The molecule has 57 valence electrons. The summed E-state index contributed by atoms with van der Waals surface area (Å²) in [5, 5.41) is 4.00.